The highest BCUT2D eigenvalue weighted by atomic mass is 16.5. The molecule has 0 bridgehead atoms. The number of hydrogen-bond acceptors (Lipinski definition) is 4. The Labute approximate surface area is 116 Å². The zero-order chi connectivity index (χ0) is 13.8. The van der Waals surface area contributed by atoms with Gasteiger partial charge in [-0.25, -0.2) is 0 Å². The van der Waals surface area contributed by atoms with Gasteiger partial charge in [-0.05, 0) is 38.3 Å². The largest absolute Gasteiger partial charge is 0.378 e. The summed E-state index contributed by atoms with van der Waals surface area (Å²) < 4.78 is 5.30. The highest BCUT2D eigenvalue weighted by Gasteiger charge is 2.32. The molecule has 0 radical (unpaired) electrons. The summed E-state index contributed by atoms with van der Waals surface area (Å²) in [5.41, 5.74) is 5.84. The quantitative estimate of drug-likeness (QED) is 0.792. The minimum Gasteiger partial charge on any atom is -0.378 e. The van der Waals surface area contributed by atoms with Gasteiger partial charge in [-0.3, -0.25) is 9.69 Å². The third-order valence-corrected chi connectivity index (χ3v) is 4.68. The van der Waals surface area contributed by atoms with Crippen LogP contribution < -0.4 is 5.73 Å². The summed E-state index contributed by atoms with van der Waals surface area (Å²) in [5.74, 6) is 1.44. The molecule has 0 spiro atoms. The third kappa shape index (κ3) is 3.46. The Morgan fingerprint density at radius 2 is 2.05 bits per heavy atom. The first-order valence-electron chi connectivity index (χ1n) is 7.44. The van der Waals surface area contributed by atoms with Crippen molar-refractivity contribution in [2.45, 2.75) is 26.3 Å². The van der Waals surface area contributed by atoms with Crippen molar-refractivity contribution >= 4 is 5.91 Å². The standard InChI is InChI=1S/C14H27N3O2/c1-11-3-4-17(10-13(11)9-15)12(2)14(18)16-5-7-19-8-6-16/h11-13H,3-10,15H2,1-2H3. The molecule has 2 aliphatic rings. The second kappa shape index (κ2) is 6.68. The number of ether oxygens (including phenoxy) is 1. The molecule has 110 valence electrons. The number of nitrogens with two attached hydrogens (primary N) is 1. The molecule has 0 saturated carbocycles. The van der Waals surface area contributed by atoms with Gasteiger partial charge >= 0.3 is 0 Å². The molecule has 3 atom stereocenters. The first-order chi connectivity index (χ1) is 9.13. The molecule has 5 nitrogen and oxygen atoms in total. The average Bonchev–Trinajstić information content (AvgIpc) is 2.47. The monoisotopic (exact) mass is 269 g/mol. The first-order valence-corrected chi connectivity index (χ1v) is 7.44. The fourth-order valence-corrected chi connectivity index (χ4v) is 3.04. The average molecular weight is 269 g/mol. The number of likely N-dealkylation sites (tertiary alicyclic amines) is 1. The third-order valence-electron chi connectivity index (χ3n) is 4.68. The van der Waals surface area contributed by atoms with Crippen molar-refractivity contribution in [2.24, 2.45) is 17.6 Å². The molecule has 1 amide bonds. The van der Waals surface area contributed by atoms with Gasteiger partial charge in [0.25, 0.3) is 0 Å². The fraction of sp³-hybridized carbons (Fsp3) is 0.929. The molecule has 3 unspecified atom stereocenters. The van der Waals surface area contributed by atoms with E-state index in [4.69, 9.17) is 10.5 Å². The van der Waals surface area contributed by atoms with E-state index in [0.717, 1.165) is 39.1 Å². The number of nitrogens with zero attached hydrogens (tertiary/aromatic N) is 2. The zero-order valence-electron chi connectivity index (χ0n) is 12.2. The van der Waals surface area contributed by atoms with Gasteiger partial charge < -0.3 is 15.4 Å². The summed E-state index contributed by atoms with van der Waals surface area (Å²) in [6, 6.07) is -0.0281. The maximum atomic E-state index is 12.5. The van der Waals surface area contributed by atoms with Crippen LogP contribution in [0, 0.1) is 11.8 Å². The lowest BCUT2D eigenvalue weighted by Gasteiger charge is -2.41. The van der Waals surface area contributed by atoms with Crippen LogP contribution in [0.2, 0.25) is 0 Å². The van der Waals surface area contributed by atoms with Gasteiger partial charge in [-0.1, -0.05) is 6.92 Å². The zero-order valence-corrected chi connectivity index (χ0v) is 12.2. The predicted octanol–water partition coefficient (Wildman–Crippen LogP) is 0.150. The minimum atomic E-state index is -0.0281. The summed E-state index contributed by atoms with van der Waals surface area (Å²) in [7, 11) is 0. The number of amides is 1. The van der Waals surface area contributed by atoms with Crippen molar-refractivity contribution in [1.29, 1.82) is 0 Å². The maximum absolute atomic E-state index is 12.5. The molecule has 2 N–H and O–H groups in total. The molecule has 19 heavy (non-hydrogen) atoms. The number of carbonyl (C=O) groups excluding carboxylic acids is 1. The molecule has 0 aliphatic carbocycles. The Hall–Kier alpha value is -0.650. The van der Waals surface area contributed by atoms with E-state index >= 15 is 0 Å². The molecule has 2 saturated heterocycles. The van der Waals surface area contributed by atoms with Gasteiger partial charge in [-0.15, -0.1) is 0 Å². The minimum absolute atomic E-state index is 0.0281. The Morgan fingerprint density at radius 1 is 1.37 bits per heavy atom. The molecule has 2 heterocycles. The van der Waals surface area contributed by atoms with Crippen LogP contribution in [0.3, 0.4) is 0 Å². The van der Waals surface area contributed by atoms with Crippen molar-refractivity contribution in [2.75, 3.05) is 45.9 Å². The molecule has 2 aliphatic heterocycles. The van der Waals surface area contributed by atoms with Crippen molar-refractivity contribution in [3.05, 3.63) is 0 Å². The van der Waals surface area contributed by atoms with Crippen molar-refractivity contribution in [1.82, 2.24) is 9.80 Å². The van der Waals surface area contributed by atoms with E-state index in [9.17, 15) is 4.79 Å². The van der Waals surface area contributed by atoms with Gasteiger partial charge in [0.2, 0.25) is 5.91 Å². The highest BCUT2D eigenvalue weighted by molar-refractivity contribution is 5.81. The van der Waals surface area contributed by atoms with Gasteiger partial charge in [0.1, 0.15) is 0 Å². The Balaban J connectivity index is 1.91. The molecule has 2 fully saturated rings. The van der Waals surface area contributed by atoms with Gasteiger partial charge in [-0.2, -0.15) is 0 Å². The van der Waals surface area contributed by atoms with Crippen LogP contribution in [0.4, 0.5) is 0 Å². The molecule has 2 rings (SSSR count). The molecule has 0 aromatic carbocycles. The van der Waals surface area contributed by atoms with Crippen LogP contribution in [-0.4, -0.2) is 67.7 Å². The molecular formula is C14H27N3O2. The summed E-state index contributed by atoms with van der Waals surface area (Å²) in [6.07, 6.45) is 1.14. The lowest BCUT2D eigenvalue weighted by molar-refractivity contribution is -0.141. The first kappa shape index (κ1) is 14.8. The van der Waals surface area contributed by atoms with Crippen LogP contribution >= 0.6 is 0 Å². The molecule has 0 aromatic rings. The number of morpholine rings is 1. The van der Waals surface area contributed by atoms with Crippen LogP contribution in [0.15, 0.2) is 0 Å². The lowest BCUT2D eigenvalue weighted by atomic mass is 9.86. The predicted molar refractivity (Wildman–Crippen MR) is 74.8 cm³/mol. The fourth-order valence-electron chi connectivity index (χ4n) is 3.04. The number of hydrogen-bond donors (Lipinski definition) is 1. The Morgan fingerprint density at radius 3 is 2.68 bits per heavy atom. The van der Waals surface area contributed by atoms with Crippen LogP contribution in [-0.2, 0) is 9.53 Å². The number of carbonyl (C=O) groups is 1. The Kier molecular flexibility index (Phi) is 5.19. The maximum Gasteiger partial charge on any atom is 0.239 e. The summed E-state index contributed by atoms with van der Waals surface area (Å²) in [6.45, 7) is 9.77. The molecule has 0 aromatic heterocycles. The van der Waals surface area contributed by atoms with Crippen molar-refractivity contribution in [3.8, 4) is 0 Å². The molecule has 5 heteroatoms. The lowest BCUT2D eigenvalue weighted by Crippen LogP contribution is -2.54. The van der Waals surface area contributed by atoms with E-state index in [-0.39, 0.29) is 11.9 Å². The topological polar surface area (TPSA) is 58.8 Å². The number of rotatable bonds is 3. The van der Waals surface area contributed by atoms with Crippen LogP contribution in [0.25, 0.3) is 0 Å². The van der Waals surface area contributed by atoms with Crippen molar-refractivity contribution < 1.29 is 9.53 Å². The second-order valence-electron chi connectivity index (χ2n) is 5.87. The Bertz CT molecular complexity index is 305. The summed E-state index contributed by atoms with van der Waals surface area (Å²) in [4.78, 5) is 16.7. The number of piperidine rings is 1. The highest BCUT2D eigenvalue weighted by Crippen LogP contribution is 2.24. The van der Waals surface area contributed by atoms with Gasteiger partial charge in [0.05, 0.1) is 19.3 Å². The van der Waals surface area contributed by atoms with Crippen molar-refractivity contribution in [3.63, 3.8) is 0 Å². The molecular weight excluding hydrogens is 242 g/mol. The van der Waals surface area contributed by atoms with Gasteiger partial charge in [0, 0.05) is 19.6 Å². The van der Waals surface area contributed by atoms with Crippen LogP contribution in [0.5, 0.6) is 0 Å². The normalized spacial score (nSPS) is 31.2. The van der Waals surface area contributed by atoms with E-state index in [0.29, 0.717) is 25.0 Å². The second-order valence-corrected chi connectivity index (χ2v) is 5.87. The van der Waals surface area contributed by atoms with Crippen LogP contribution in [0.1, 0.15) is 20.3 Å². The smallest absolute Gasteiger partial charge is 0.239 e. The van der Waals surface area contributed by atoms with E-state index in [1.165, 1.54) is 0 Å². The van der Waals surface area contributed by atoms with E-state index in [1.807, 2.05) is 11.8 Å². The summed E-state index contributed by atoms with van der Waals surface area (Å²) >= 11 is 0. The van der Waals surface area contributed by atoms with E-state index < -0.39 is 0 Å². The van der Waals surface area contributed by atoms with Gasteiger partial charge in [0.15, 0.2) is 0 Å². The SMILES string of the molecule is CC1CCN(C(C)C(=O)N2CCOCC2)CC1CN. The summed E-state index contributed by atoms with van der Waals surface area (Å²) in [5, 5.41) is 0. The van der Waals surface area contributed by atoms with E-state index in [2.05, 4.69) is 11.8 Å². The van der Waals surface area contributed by atoms with E-state index in [1.54, 1.807) is 0 Å².